The average Bonchev–Trinajstić information content (AvgIpc) is 2.52. The van der Waals surface area contributed by atoms with Gasteiger partial charge in [-0.1, -0.05) is 0 Å². The van der Waals surface area contributed by atoms with Crippen LogP contribution in [-0.2, 0) is 4.79 Å². The standard InChI is InChI=1S/C14H26N2O2/c1-14(18)6-5-8-15(11-7-14)12-13(17)16-9-3-2-4-10-16/h18H,2-12H2,1H3. The van der Waals surface area contributed by atoms with E-state index in [2.05, 4.69) is 4.90 Å². The first-order chi connectivity index (χ1) is 8.57. The van der Waals surface area contributed by atoms with Gasteiger partial charge in [0.05, 0.1) is 12.1 Å². The molecule has 0 aliphatic carbocycles. The summed E-state index contributed by atoms with van der Waals surface area (Å²) in [4.78, 5) is 16.4. The van der Waals surface area contributed by atoms with Gasteiger partial charge in [-0.05, 0) is 52.0 Å². The third-order valence-electron chi connectivity index (χ3n) is 4.22. The monoisotopic (exact) mass is 254 g/mol. The lowest BCUT2D eigenvalue weighted by Gasteiger charge is -2.29. The van der Waals surface area contributed by atoms with E-state index in [-0.39, 0.29) is 5.91 Å². The third kappa shape index (κ3) is 3.95. The minimum Gasteiger partial charge on any atom is -0.390 e. The molecule has 2 aliphatic rings. The van der Waals surface area contributed by atoms with Crippen molar-refractivity contribution < 1.29 is 9.90 Å². The van der Waals surface area contributed by atoms with Crippen molar-refractivity contribution >= 4 is 5.91 Å². The van der Waals surface area contributed by atoms with Crippen LogP contribution in [0.3, 0.4) is 0 Å². The topological polar surface area (TPSA) is 43.8 Å². The Balaban J connectivity index is 1.79. The summed E-state index contributed by atoms with van der Waals surface area (Å²) in [5, 5.41) is 10.0. The summed E-state index contributed by atoms with van der Waals surface area (Å²) in [6.45, 7) is 6.09. The molecule has 2 fully saturated rings. The van der Waals surface area contributed by atoms with Crippen LogP contribution in [-0.4, -0.2) is 59.1 Å². The van der Waals surface area contributed by atoms with E-state index in [9.17, 15) is 9.90 Å². The first kappa shape index (κ1) is 13.8. The Kier molecular flexibility index (Phi) is 4.62. The molecule has 0 radical (unpaired) electrons. The van der Waals surface area contributed by atoms with Gasteiger partial charge in [0.25, 0.3) is 0 Å². The molecule has 1 atom stereocenters. The molecule has 2 aliphatic heterocycles. The number of hydrogen-bond acceptors (Lipinski definition) is 3. The first-order valence-electron chi connectivity index (χ1n) is 7.29. The number of amides is 1. The summed E-state index contributed by atoms with van der Waals surface area (Å²) in [7, 11) is 0. The Bertz CT molecular complexity index is 286. The SMILES string of the molecule is CC1(O)CCCN(CC(=O)N2CCCCC2)CC1. The zero-order valence-corrected chi connectivity index (χ0v) is 11.5. The lowest BCUT2D eigenvalue weighted by Crippen LogP contribution is -2.43. The molecule has 4 nitrogen and oxygen atoms in total. The van der Waals surface area contributed by atoms with Gasteiger partial charge in [0.2, 0.25) is 5.91 Å². The van der Waals surface area contributed by atoms with Crippen molar-refractivity contribution in [3.05, 3.63) is 0 Å². The number of hydrogen-bond donors (Lipinski definition) is 1. The van der Waals surface area contributed by atoms with E-state index in [4.69, 9.17) is 0 Å². The number of aliphatic hydroxyl groups is 1. The fraction of sp³-hybridized carbons (Fsp3) is 0.929. The molecule has 2 rings (SSSR count). The maximum absolute atomic E-state index is 12.2. The molecular formula is C14H26N2O2. The van der Waals surface area contributed by atoms with Crippen molar-refractivity contribution in [1.82, 2.24) is 9.80 Å². The molecule has 2 saturated heterocycles. The number of likely N-dealkylation sites (tertiary alicyclic amines) is 2. The second-order valence-corrected chi connectivity index (χ2v) is 6.07. The van der Waals surface area contributed by atoms with Gasteiger partial charge in [-0.2, -0.15) is 0 Å². The normalized spacial score (nSPS) is 31.1. The number of carbonyl (C=O) groups is 1. The van der Waals surface area contributed by atoms with Crippen LogP contribution >= 0.6 is 0 Å². The number of piperidine rings is 1. The van der Waals surface area contributed by atoms with Crippen molar-refractivity contribution in [2.75, 3.05) is 32.7 Å². The molecule has 0 aromatic heterocycles. The lowest BCUT2D eigenvalue weighted by atomic mass is 9.98. The molecule has 0 saturated carbocycles. The van der Waals surface area contributed by atoms with E-state index in [1.807, 2.05) is 11.8 Å². The fourth-order valence-corrected chi connectivity index (χ4v) is 2.91. The predicted octanol–water partition coefficient (Wildman–Crippen LogP) is 1.24. The number of carbonyl (C=O) groups excluding carboxylic acids is 1. The Morgan fingerprint density at radius 1 is 1.06 bits per heavy atom. The van der Waals surface area contributed by atoms with Crippen molar-refractivity contribution in [2.24, 2.45) is 0 Å². The van der Waals surface area contributed by atoms with E-state index in [0.717, 1.165) is 58.3 Å². The van der Waals surface area contributed by atoms with E-state index < -0.39 is 5.60 Å². The quantitative estimate of drug-likeness (QED) is 0.806. The van der Waals surface area contributed by atoms with E-state index >= 15 is 0 Å². The van der Waals surface area contributed by atoms with Gasteiger partial charge in [0, 0.05) is 19.6 Å². The van der Waals surface area contributed by atoms with Gasteiger partial charge in [-0.15, -0.1) is 0 Å². The van der Waals surface area contributed by atoms with Crippen LogP contribution in [0.1, 0.15) is 45.4 Å². The zero-order chi connectivity index (χ0) is 13.0. The summed E-state index contributed by atoms with van der Waals surface area (Å²) in [5.74, 6) is 0.274. The predicted molar refractivity (Wildman–Crippen MR) is 71.3 cm³/mol. The zero-order valence-electron chi connectivity index (χ0n) is 11.5. The van der Waals surface area contributed by atoms with Gasteiger partial charge in [0.1, 0.15) is 0 Å². The molecule has 4 heteroatoms. The van der Waals surface area contributed by atoms with Crippen molar-refractivity contribution in [3.8, 4) is 0 Å². The molecule has 1 unspecified atom stereocenters. The van der Waals surface area contributed by atoms with Gasteiger partial charge in [-0.25, -0.2) is 0 Å². The summed E-state index contributed by atoms with van der Waals surface area (Å²) in [6.07, 6.45) is 6.18. The molecule has 104 valence electrons. The maximum atomic E-state index is 12.2. The summed E-state index contributed by atoms with van der Waals surface area (Å²) in [5.41, 5.74) is -0.539. The van der Waals surface area contributed by atoms with Crippen LogP contribution in [0.25, 0.3) is 0 Å². The Morgan fingerprint density at radius 2 is 1.78 bits per heavy atom. The van der Waals surface area contributed by atoms with Crippen LogP contribution < -0.4 is 0 Å². The largest absolute Gasteiger partial charge is 0.390 e. The Labute approximate surface area is 110 Å². The molecule has 0 bridgehead atoms. The maximum Gasteiger partial charge on any atom is 0.236 e. The highest BCUT2D eigenvalue weighted by Gasteiger charge is 2.26. The molecule has 1 N–H and O–H groups in total. The van der Waals surface area contributed by atoms with Gasteiger partial charge in [0.15, 0.2) is 0 Å². The van der Waals surface area contributed by atoms with Crippen LogP contribution in [0.4, 0.5) is 0 Å². The molecule has 0 aromatic carbocycles. The highest BCUT2D eigenvalue weighted by Crippen LogP contribution is 2.21. The molecule has 0 spiro atoms. The van der Waals surface area contributed by atoms with Crippen molar-refractivity contribution in [1.29, 1.82) is 0 Å². The summed E-state index contributed by atoms with van der Waals surface area (Å²) < 4.78 is 0. The van der Waals surface area contributed by atoms with Crippen molar-refractivity contribution in [3.63, 3.8) is 0 Å². The smallest absolute Gasteiger partial charge is 0.236 e. The number of nitrogens with zero attached hydrogens (tertiary/aromatic N) is 2. The van der Waals surface area contributed by atoms with Gasteiger partial charge < -0.3 is 10.0 Å². The van der Waals surface area contributed by atoms with Crippen LogP contribution in [0.15, 0.2) is 0 Å². The molecule has 0 aromatic rings. The van der Waals surface area contributed by atoms with Crippen LogP contribution in [0.2, 0.25) is 0 Å². The van der Waals surface area contributed by atoms with Crippen molar-refractivity contribution in [2.45, 2.75) is 51.0 Å². The van der Waals surface area contributed by atoms with Crippen LogP contribution in [0, 0.1) is 0 Å². The molecule has 2 heterocycles. The first-order valence-corrected chi connectivity index (χ1v) is 7.29. The molecule has 1 amide bonds. The van der Waals surface area contributed by atoms with E-state index in [0.29, 0.717) is 6.54 Å². The minimum absolute atomic E-state index is 0.274. The minimum atomic E-state index is -0.539. The summed E-state index contributed by atoms with van der Waals surface area (Å²) in [6, 6.07) is 0. The lowest BCUT2D eigenvalue weighted by molar-refractivity contribution is -0.133. The van der Waals surface area contributed by atoms with E-state index in [1.165, 1.54) is 6.42 Å². The van der Waals surface area contributed by atoms with Gasteiger partial charge in [-0.3, -0.25) is 9.69 Å². The number of rotatable bonds is 2. The highest BCUT2D eigenvalue weighted by atomic mass is 16.3. The molecular weight excluding hydrogens is 228 g/mol. The fourth-order valence-electron chi connectivity index (χ4n) is 2.91. The third-order valence-corrected chi connectivity index (χ3v) is 4.22. The second kappa shape index (κ2) is 6.02. The Hall–Kier alpha value is -0.610. The molecule has 18 heavy (non-hydrogen) atoms. The second-order valence-electron chi connectivity index (χ2n) is 6.07. The van der Waals surface area contributed by atoms with Crippen LogP contribution in [0.5, 0.6) is 0 Å². The Morgan fingerprint density at radius 3 is 2.50 bits per heavy atom. The van der Waals surface area contributed by atoms with Gasteiger partial charge >= 0.3 is 0 Å². The highest BCUT2D eigenvalue weighted by molar-refractivity contribution is 5.78. The summed E-state index contributed by atoms with van der Waals surface area (Å²) >= 11 is 0. The van der Waals surface area contributed by atoms with E-state index in [1.54, 1.807) is 0 Å². The average molecular weight is 254 g/mol.